The summed E-state index contributed by atoms with van der Waals surface area (Å²) in [6.07, 6.45) is 2.91. The Labute approximate surface area is 202 Å². The van der Waals surface area contributed by atoms with E-state index in [0.717, 1.165) is 60.1 Å². The molecule has 34 heavy (non-hydrogen) atoms. The van der Waals surface area contributed by atoms with Crippen molar-refractivity contribution < 1.29 is 14.7 Å². The number of fused-ring (bicyclic) bond motifs is 1. The first-order valence-corrected chi connectivity index (χ1v) is 11.5. The molecule has 0 bridgehead atoms. The Bertz CT molecular complexity index is 1170. The van der Waals surface area contributed by atoms with Crippen molar-refractivity contribution in [1.82, 2.24) is 29.9 Å². The molecule has 1 saturated heterocycles. The molecule has 11 heteroatoms. The molecule has 0 unspecified atom stereocenters. The van der Waals surface area contributed by atoms with Gasteiger partial charge in [-0.2, -0.15) is 9.97 Å². The molecular weight excluding hydrogens is 458 g/mol. The van der Waals surface area contributed by atoms with Crippen molar-refractivity contribution in [3.8, 4) is 0 Å². The lowest BCUT2D eigenvalue weighted by molar-refractivity contribution is -0.124. The Morgan fingerprint density at radius 1 is 1.21 bits per heavy atom. The van der Waals surface area contributed by atoms with E-state index in [4.69, 9.17) is 26.5 Å². The molecule has 2 aromatic heterocycles. The second kappa shape index (κ2) is 10.9. The predicted octanol–water partition coefficient (Wildman–Crippen LogP) is 2.49. The quantitative estimate of drug-likeness (QED) is 0.217. The number of aromatic nitrogens is 4. The number of nitrogens with zero attached hydrogens (tertiary/aromatic N) is 6. The minimum Gasteiger partial charge on any atom is -0.378 e. The molecule has 1 aliphatic heterocycles. The van der Waals surface area contributed by atoms with Crippen LogP contribution in [0.25, 0.3) is 17.2 Å². The van der Waals surface area contributed by atoms with E-state index in [0.29, 0.717) is 19.8 Å². The van der Waals surface area contributed by atoms with Crippen molar-refractivity contribution in [2.45, 2.75) is 26.6 Å². The van der Waals surface area contributed by atoms with Gasteiger partial charge in [-0.3, -0.25) is 14.9 Å². The summed E-state index contributed by atoms with van der Waals surface area (Å²) in [5.41, 5.74) is 5.08. The van der Waals surface area contributed by atoms with E-state index in [2.05, 4.69) is 31.3 Å². The van der Waals surface area contributed by atoms with Crippen molar-refractivity contribution in [2.24, 2.45) is 0 Å². The summed E-state index contributed by atoms with van der Waals surface area (Å²) in [5.74, 6) is 1.10. The number of carbonyl (C=O) groups is 1. The molecule has 0 aliphatic carbocycles. The van der Waals surface area contributed by atoms with Crippen molar-refractivity contribution >= 4 is 40.6 Å². The number of carbonyl (C=O) groups excluding carboxylic acids is 1. The number of hydrogen-bond donors (Lipinski definition) is 2. The summed E-state index contributed by atoms with van der Waals surface area (Å²) in [4.78, 5) is 29.4. The van der Waals surface area contributed by atoms with Crippen LogP contribution in [0.4, 0.5) is 5.82 Å². The van der Waals surface area contributed by atoms with Crippen molar-refractivity contribution in [3.05, 3.63) is 52.6 Å². The molecule has 0 saturated carbocycles. The molecule has 0 radical (unpaired) electrons. The molecule has 3 heterocycles. The largest absolute Gasteiger partial charge is 0.378 e. The maximum atomic E-state index is 11.1. The molecule has 2 N–H and O–H groups in total. The van der Waals surface area contributed by atoms with Crippen molar-refractivity contribution in [2.75, 3.05) is 38.3 Å². The summed E-state index contributed by atoms with van der Waals surface area (Å²) in [5, 5.41) is 8.79. The van der Waals surface area contributed by atoms with Gasteiger partial charge in [0.2, 0.25) is 5.28 Å². The molecule has 1 aliphatic rings. The maximum Gasteiger partial charge on any atom is 0.267 e. The van der Waals surface area contributed by atoms with Crippen LogP contribution >= 0.6 is 11.6 Å². The topological polar surface area (TPSA) is 109 Å². The molecule has 10 nitrogen and oxygen atoms in total. The van der Waals surface area contributed by atoms with Crippen LogP contribution in [0.2, 0.25) is 5.28 Å². The number of nitrogens with one attached hydrogen (secondary N) is 1. The van der Waals surface area contributed by atoms with E-state index in [-0.39, 0.29) is 5.28 Å². The molecular formula is C23H28ClN7O3. The lowest BCUT2D eigenvalue weighted by Crippen LogP contribution is -2.37. The maximum absolute atomic E-state index is 11.1. The monoisotopic (exact) mass is 485 g/mol. The van der Waals surface area contributed by atoms with Gasteiger partial charge in [-0.15, -0.1) is 0 Å². The Morgan fingerprint density at radius 3 is 2.62 bits per heavy atom. The number of rotatable bonds is 8. The lowest BCUT2D eigenvalue weighted by Gasteiger charge is -2.27. The van der Waals surface area contributed by atoms with Gasteiger partial charge in [0.1, 0.15) is 5.82 Å². The number of amides is 1. The van der Waals surface area contributed by atoms with Crippen molar-refractivity contribution in [3.63, 3.8) is 0 Å². The van der Waals surface area contributed by atoms with Gasteiger partial charge in [0.25, 0.3) is 5.91 Å². The zero-order chi connectivity index (χ0) is 24.1. The van der Waals surface area contributed by atoms with Gasteiger partial charge in [-0.25, -0.2) is 10.5 Å². The van der Waals surface area contributed by atoms with Gasteiger partial charge in [0.15, 0.2) is 17.0 Å². The van der Waals surface area contributed by atoms with Crippen LogP contribution in [-0.2, 0) is 29.2 Å². The highest BCUT2D eigenvalue weighted by atomic mass is 35.5. The van der Waals surface area contributed by atoms with Gasteiger partial charge in [-0.1, -0.05) is 24.3 Å². The number of anilines is 1. The molecule has 0 spiro atoms. The number of ether oxygens (including phenoxy) is 1. The van der Waals surface area contributed by atoms with Crippen LogP contribution in [0.15, 0.2) is 30.3 Å². The molecule has 1 amide bonds. The van der Waals surface area contributed by atoms with Gasteiger partial charge in [-0.05, 0) is 42.8 Å². The summed E-state index contributed by atoms with van der Waals surface area (Å²) >= 11 is 6.28. The van der Waals surface area contributed by atoms with Crippen LogP contribution in [-0.4, -0.2) is 68.9 Å². The van der Waals surface area contributed by atoms with E-state index < -0.39 is 5.91 Å². The number of aryl methyl sites for hydroxylation is 1. The number of hydrogen-bond acceptors (Lipinski definition) is 8. The summed E-state index contributed by atoms with van der Waals surface area (Å²) in [6, 6.07) is 7.88. The number of benzene rings is 1. The van der Waals surface area contributed by atoms with Crippen LogP contribution in [0.3, 0.4) is 0 Å². The zero-order valence-electron chi connectivity index (χ0n) is 19.2. The Morgan fingerprint density at radius 2 is 1.94 bits per heavy atom. The Balaban J connectivity index is 1.52. The number of halogens is 1. The number of hydroxylamine groups is 1. The molecule has 3 aromatic rings. The van der Waals surface area contributed by atoms with Gasteiger partial charge >= 0.3 is 0 Å². The highest BCUT2D eigenvalue weighted by molar-refractivity contribution is 6.28. The SMILES string of the molecule is CCn1c(CN(C)Cc2ccc(C=CC(=O)NO)cc2)nc2c(N3CCOCC3)nc(Cl)nc21. The third kappa shape index (κ3) is 5.53. The third-order valence-electron chi connectivity index (χ3n) is 5.64. The Hall–Kier alpha value is -3.05. The molecule has 180 valence electrons. The highest BCUT2D eigenvalue weighted by Gasteiger charge is 2.22. The fourth-order valence-electron chi connectivity index (χ4n) is 4.01. The second-order valence-corrected chi connectivity index (χ2v) is 8.42. The van der Waals surface area contributed by atoms with Gasteiger partial charge in [0, 0.05) is 32.3 Å². The van der Waals surface area contributed by atoms with Crippen molar-refractivity contribution in [1.29, 1.82) is 0 Å². The molecule has 1 fully saturated rings. The van der Waals surface area contributed by atoms with Gasteiger partial charge in [0.05, 0.1) is 19.8 Å². The van der Waals surface area contributed by atoms with E-state index >= 15 is 0 Å². The molecule has 4 rings (SSSR count). The first-order valence-electron chi connectivity index (χ1n) is 11.1. The van der Waals surface area contributed by atoms with Crippen LogP contribution in [0.5, 0.6) is 0 Å². The lowest BCUT2D eigenvalue weighted by atomic mass is 10.1. The van der Waals surface area contributed by atoms with Crippen LogP contribution < -0.4 is 10.4 Å². The summed E-state index contributed by atoms with van der Waals surface area (Å²) in [7, 11) is 2.04. The van der Waals surface area contributed by atoms with Crippen LogP contribution in [0, 0.1) is 0 Å². The van der Waals surface area contributed by atoms with E-state index in [1.54, 1.807) is 11.6 Å². The normalized spacial score (nSPS) is 14.4. The standard InChI is InChI=1S/C23H28ClN7O3/c1-3-31-18(15-29(2)14-17-6-4-16(5-7-17)8-9-19(32)28-33)25-20-21(26-23(24)27-22(20)31)30-10-12-34-13-11-30/h4-9,33H,3,10-15H2,1-2H3,(H,28,32). The minimum atomic E-state index is -0.564. The summed E-state index contributed by atoms with van der Waals surface area (Å²) in [6.45, 7) is 6.92. The molecule has 1 aromatic carbocycles. The second-order valence-electron chi connectivity index (χ2n) is 8.08. The third-order valence-corrected chi connectivity index (χ3v) is 5.80. The minimum absolute atomic E-state index is 0.217. The predicted molar refractivity (Wildman–Crippen MR) is 130 cm³/mol. The zero-order valence-corrected chi connectivity index (χ0v) is 20.0. The average molecular weight is 486 g/mol. The number of morpholine rings is 1. The van der Waals surface area contributed by atoms with Crippen LogP contribution in [0.1, 0.15) is 23.9 Å². The highest BCUT2D eigenvalue weighted by Crippen LogP contribution is 2.27. The fraction of sp³-hybridized carbons (Fsp3) is 0.391. The van der Waals surface area contributed by atoms with E-state index in [9.17, 15) is 4.79 Å². The summed E-state index contributed by atoms with van der Waals surface area (Å²) < 4.78 is 7.56. The average Bonchev–Trinajstić information content (AvgIpc) is 3.19. The first-order chi connectivity index (χ1) is 16.5. The fourth-order valence-corrected chi connectivity index (χ4v) is 4.17. The smallest absolute Gasteiger partial charge is 0.267 e. The number of imidazole rings is 1. The van der Waals surface area contributed by atoms with E-state index in [1.807, 2.05) is 31.3 Å². The van der Waals surface area contributed by atoms with Gasteiger partial charge < -0.3 is 14.2 Å². The first kappa shape index (κ1) is 24.1. The molecule has 0 atom stereocenters. The van der Waals surface area contributed by atoms with E-state index in [1.165, 1.54) is 6.08 Å². The Kier molecular flexibility index (Phi) is 7.73.